The number of allylic oxidation sites excluding steroid dienone is 1. The summed E-state index contributed by atoms with van der Waals surface area (Å²) in [5.41, 5.74) is 9.53. The fourth-order valence-electron chi connectivity index (χ4n) is 10.6. The van der Waals surface area contributed by atoms with Crippen molar-refractivity contribution < 1.29 is 55.6 Å². The molecule has 0 aromatic heterocycles. The molecule has 3 atom stereocenters. The van der Waals surface area contributed by atoms with Gasteiger partial charge in [-0.3, -0.25) is 33.3 Å². The molecule has 0 radical (unpaired) electrons. The minimum atomic E-state index is -4.35. The predicted octanol–water partition coefficient (Wildman–Crippen LogP) is 10.2. The maximum Gasteiger partial charge on any atom is 0.353 e. The molecule has 79 heavy (non-hydrogen) atoms. The number of aliphatic imine (C=N–C) groups is 1. The molecule has 5 aromatic rings. The van der Waals surface area contributed by atoms with Crippen LogP contribution < -0.4 is 29.3 Å². The first kappa shape index (κ1) is 55.2. The molecule has 5 aromatic carbocycles. The fraction of sp³-hybridized carbons (Fsp3) is 0.356. The number of nitrogens with zero attached hydrogens (tertiary/aromatic N) is 4. The van der Waals surface area contributed by atoms with Crippen LogP contribution in [0.15, 0.2) is 108 Å². The summed E-state index contributed by atoms with van der Waals surface area (Å²) in [6.07, 6.45) is 5.61. The van der Waals surface area contributed by atoms with Gasteiger partial charge < -0.3 is 29.3 Å². The molecule has 1 saturated heterocycles. The number of benzene rings is 5. The standard InChI is InChI=1S/C59H61N5O12S3/c1-35-23-46-47(60-32-44-28-41-12-8-10-14-49(41)63(44)57(46)68)31-50(35)74-33-37-24-38(34-75-52-29-39-16-17-43-27-40-11-7-9-13-48(40)62(43)56(67)45(39)30-51(52)72-5)26-42(25-37)61-54(65)19-21-59(3,4)78-77-22-20-53(79(70,71)73-6)58(69)76-64-36(2)15-18-55(64)66/h7-14,23-26,29-32,43-44,53H,2,15-22,27-28,33-34H2,1,3-6H3,(H,61,65)/t43-,44+,53?/m1/s1. The van der Waals surface area contributed by atoms with Crippen LogP contribution >= 0.6 is 21.6 Å². The number of aryl methyl sites for hydroxylation is 2. The summed E-state index contributed by atoms with van der Waals surface area (Å²) in [6, 6.07) is 28.7. The fourth-order valence-corrected chi connectivity index (χ4v) is 14.4. The number of carbonyl (C=O) groups is 5. The Kier molecular flexibility index (Phi) is 16.0. The quantitative estimate of drug-likeness (QED) is 0.0438. The largest absolute Gasteiger partial charge is 0.493 e. The zero-order chi connectivity index (χ0) is 55.8. The summed E-state index contributed by atoms with van der Waals surface area (Å²) in [5.74, 6) is -0.405. The van der Waals surface area contributed by atoms with Crippen molar-refractivity contribution in [3.8, 4) is 17.2 Å². The normalized spacial score (nSPS) is 17.7. The molecule has 1 fully saturated rings. The second kappa shape index (κ2) is 22.9. The Hall–Kier alpha value is -7.13. The molecule has 20 heteroatoms. The first-order valence-corrected chi connectivity index (χ1v) is 29.9. The second-order valence-corrected chi connectivity index (χ2v) is 25.8. The molecule has 0 saturated carbocycles. The molecule has 0 spiro atoms. The van der Waals surface area contributed by atoms with Crippen molar-refractivity contribution in [2.45, 2.75) is 114 Å². The van der Waals surface area contributed by atoms with Gasteiger partial charge in [-0.1, -0.05) is 64.6 Å². The summed E-state index contributed by atoms with van der Waals surface area (Å²) in [4.78, 5) is 80.9. The van der Waals surface area contributed by atoms with Crippen molar-refractivity contribution in [2.24, 2.45) is 4.99 Å². The lowest BCUT2D eigenvalue weighted by Crippen LogP contribution is -2.38. The number of rotatable bonds is 20. The van der Waals surface area contributed by atoms with Crippen LogP contribution in [0.4, 0.5) is 22.7 Å². The molecule has 0 aliphatic carbocycles. The smallest absolute Gasteiger partial charge is 0.353 e. The third kappa shape index (κ3) is 11.8. The Bertz CT molecular complexity index is 3420. The van der Waals surface area contributed by atoms with Crippen LogP contribution in [0.25, 0.3) is 0 Å². The van der Waals surface area contributed by atoms with Crippen LogP contribution in [-0.2, 0) is 66.0 Å². The third-order valence-electron chi connectivity index (χ3n) is 14.8. The number of hydrogen-bond acceptors (Lipinski definition) is 15. The predicted molar refractivity (Wildman–Crippen MR) is 305 cm³/mol. The van der Waals surface area contributed by atoms with E-state index in [9.17, 15) is 32.4 Å². The lowest BCUT2D eigenvalue weighted by atomic mass is 9.99. The number of hydrogen-bond donors (Lipinski definition) is 1. The maximum absolute atomic E-state index is 14.2. The Balaban J connectivity index is 0.831. The van der Waals surface area contributed by atoms with Crippen LogP contribution in [0, 0.1) is 6.92 Å². The highest BCUT2D eigenvalue weighted by Crippen LogP contribution is 2.43. The van der Waals surface area contributed by atoms with E-state index in [1.807, 2.05) is 110 Å². The zero-order valence-corrected chi connectivity index (χ0v) is 47.0. The Morgan fingerprint density at radius 3 is 2.19 bits per heavy atom. The van der Waals surface area contributed by atoms with Crippen molar-refractivity contribution in [3.63, 3.8) is 0 Å². The van der Waals surface area contributed by atoms with Gasteiger partial charge in [-0.25, -0.2) is 4.79 Å². The summed E-state index contributed by atoms with van der Waals surface area (Å²) in [5, 5.41) is 2.15. The van der Waals surface area contributed by atoms with E-state index in [-0.39, 0.29) is 73.7 Å². The number of para-hydroxylation sites is 2. The van der Waals surface area contributed by atoms with Crippen LogP contribution in [0.3, 0.4) is 0 Å². The van der Waals surface area contributed by atoms with E-state index in [2.05, 4.69) is 22.1 Å². The van der Waals surface area contributed by atoms with Crippen LogP contribution in [0.1, 0.15) is 106 Å². The van der Waals surface area contributed by atoms with Gasteiger partial charge in [0.1, 0.15) is 19.0 Å². The van der Waals surface area contributed by atoms with E-state index in [1.54, 1.807) is 19.2 Å². The highest BCUT2D eigenvalue weighted by Gasteiger charge is 2.41. The van der Waals surface area contributed by atoms with E-state index < -0.39 is 32.0 Å². The van der Waals surface area contributed by atoms with Crippen LogP contribution in [0.5, 0.6) is 17.2 Å². The molecule has 17 nitrogen and oxygen atoms in total. The average Bonchev–Trinajstić information content (AvgIpc) is 4.30. The van der Waals surface area contributed by atoms with E-state index in [0.717, 1.165) is 64.2 Å². The second-order valence-electron chi connectivity index (χ2n) is 20.8. The summed E-state index contributed by atoms with van der Waals surface area (Å²) in [7, 11) is 0.949. The highest BCUT2D eigenvalue weighted by atomic mass is 33.1. The van der Waals surface area contributed by atoms with Crippen LogP contribution in [0.2, 0.25) is 0 Å². The van der Waals surface area contributed by atoms with Gasteiger partial charge in [0.25, 0.3) is 27.8 Å². The summed E-state index contributed by atoms with van der Waals surface area (Å²) >= 11 is 0. The first-order chi connectivity index (χ1) is 37.9. The molecule has 10 rings (SSSR count). The van der Waals surface area contributed by atoms with Crippen molar-refractivity contribution >= 4 is 90.3 Å². The SMILES string of the molecule is C=C1CCC(=O)N1OC(=O)C(CCSSC(C)(C)CCC(=O)Nc1cc(COc2cc3c(cc2C)C(=O)N2c4ccccc4C[C@H]2C=N3)cc(COc2cc3c(cc2OC)C(=O)N2c4ccccc4C[C@H]2CC3)c1)S(=O)(=O)OC. The number of amides is 4. The Morgan fingerprint density at radius 1 is 0.810 bits per heavy atom. The van der Waals surface area contributed by atoms with Gasteiger partial charge in [-0.15, -0.1) is 5.06 Å². The summed E-state index contributed by atoms with van der Waals surface area (Å²) < 4.78 is 48.6. The van der Waals surface area contributed by atoms with Crippen molar-refractivity contribution in [1.82, 2.24) is 5.06 Å². The number of ether oxygens (including phenoxy) is 3. The minimum absolute atomic E-state index is 0.0547. The van der Waals surface area contributed by atoms with E-state index in [1.165, 1.54) is 27.2 Å². The summed E-state index contributed by atoms with van der Waals surface area (Å²) in [6.45, 7) is 9.72. The van der Waals surface area contributed by atoms with Crippen LogP contribution in [-0.4, -0.2) is 91.3 Å². The number of anilines is 3. The van der Waals surface area contributed by atoms with Gasteiger partial charge in [0.15, 0.2) is 16.7 Å². The van der Waals surface area contributed by atoms with E-state index >= 15 is 0 Å². The number of fused-ring (bicyclic) bond motifs is 8. The molecular weight excluding hydrogens is 1070 g/mol. The van der Waals surface area contributed by atoms with E-state index in [0.29, 0.717) is 65.4 Å². The monoisotopic (exact) mass is 1130 g/mol. The number of methoxy groups -OCH3 is 1. The topological polar surface area (TPSA) is 200 Å². The first-order valence-electron chi connectivity index (χ1n) is 26.1. The maximum atomic E-state index is 14.2. The number of nitrogens with one attached hydrogen (secondary N) is 1. The lowest BCUT2D eigenvalue weighted by molar-refractivity contribution is -0.186. The van der Waals surface area contributed by atoms with Gasteiger partial charge in [0, 0.05) is 70.7 Å². The van der Waals surface area contributed by atoms with Gasteiger partial charge in [-0.05, 0) is 141 Å². The molecule has 5 aliphatic rings. The third-order valence-corrected chi connectivity index (χ3v) is 19.8. The van der Waals surface area contributed by atoms with Crippen molar-refractivity contribution in [3.05, 3.63) is 148 Å². The molecule has 1 N–H and O–H groups in total. The number of hydroxylamine groups is 2. The lowest BCUT2D eigenvalue weighted by Gasteiger charge is -2.24. The highest BCUT2D eigenvalue weighted by molar-refractivity contribution is 8.77. The minimum Gasteiger partial charge on any atom is -0.493 e. The van der Waals surface area contributed by atoms with Gasteiger partial charge >= 0.3 is 5.97 Å². The molecular formula is C59H61N5O12S3. The van der Waals surface area contributed by atoms with E-state index in [4.69, 9.17) is 24.0 Å². The Morgan fingerprint density at radius 2 is 1.49 bits per heavy atom. The van der Waals surface area contributed by atoms with Gasteiger partial charge in [0.05, 0.1) is 37.2 Å². The number of carbonyl (C=O) groups excluding carboxylic acids is 5. The molecule has 4 amide bonds. The van der Waals surface area contributed by atoms with Crippen molar-refractivity contribution in [1.29, 1.82) is 0 Å². The molecule has 412 valence electrons. The van der Waals surface area contributed by atoms with Gasteiger partial charge in [-0.2, -0.15) is 8.42 Å². The molecule has 5 heterocycles. The molecule has 5 aliphatic heterocycles. The van der Waals surface area contributed by atoms with Crippen molar-refractivity contribution in [2.75, 3.05) is 35.1 Å². The molecule has 1 unspecified atom stereocenters. The zero-order valence-electron chi connectivity index (χ0n) is 44.6. The average molecular weight is 1130 g/mol. The van der Waals surface area contributed by atoms with Gasteiger partial charge in [0.2, 0.25) is 5.91 Å². The molecule has 0 bridgehead atoms. The Labute approximate surface area is 467 Å².